The lowest BCUT2D eigenvalue weighted by Gasteiger charge is -2.09. The number of ether oxygens (including phenoxy) is 1. The zero-order valence-corrected chi connectivity index (χ0v) is 15.2. The lowest BCUT2D eigenvalue weighted by Crippen LogP contribution is -2.07. The summed E-state index contributed by atoms with van der Waals surface area (Å²) in [6.45, 7) is 0.0725. The van der Waals surface area contributed by atoms with Crippen LogP contribution >= 0.6 is 0 Å². The second-order valence-electron chi connectivity index (χ2n) is 6.53. The van der Waals surface area contributed by atoms with Gasteiger partial charge in [0.05, 0.1) is 6.20 Å². The van der Waals surface area contributed by atoms with Crippen molar-refractivity contribution < 1.29 is 23.4 Å². The average molecular weight is 394 g/mol. The molecule has 146 valence electrons. The summed E-state index contributed by atoms with van der Waals surface area (Å²) in [5.74, 6) is -1.65. The minimum absolute atomic E-state index is 0.163. The van der Waals surface area contributed by atoms with Crippen LogP contribution in [0.3, 0.4) is 0 Å². The van der Waals surface area contributed by atoms with E-state index in [0.29, 0.717) is 22.5 Å². The molecule has 2 heterocycles. The van der Waals surface area contributed by atoms with E-state index in [1.807, 2.05) is 6.07 Å². The normalized spacial score (nSPS) is 11.0. The Morgan fingerprint density at radius 3 is 2.76 bits per heavy atom. The Kier molecular flexibility index (Phi) is 4.95. The third kappa shape index (κ3) is 4.08. The first kappa shape index (κ1) is 18.6. The summed E-state index contributed by atoms with van der Waals surface area (Å²) in [4.78, 5) is 15.2. The van der Waals surface area contributed by atoms with E-state index < -0.39 is 17.6 Å². The highest BCUT2D eigenvalue weighted by atomic mass is 19.1. The molecule has 7 heteroatoms. The number of carboxylic acids is 1. The average Bonchev–Trinajstić information content (AvgIpc) is 3.08. The van der Waals surface area contributed by atoms with Crippen molar-refractivity contribution in [3.8, 4) is 16.9 Å². The molecule has 29 heavy (non-hydrogen) atoms. The van der Waals surface area contributed by atoms with E-state index in [1.165, 1.54) is 18.3 Å². The molecule has 0 saturated heterocycles. The second kappa shape index (κ2) is 7.71. The van der Waals surface area contributed by atoms with Gasteiger partial charge in [-0.1, -0.05) is 18.2 Å². The van der Waals surface area contributed by atoms with Crippen LogP contribution in [0.1, 0.15) is 5.56 Å². The summed E-state index contributed by atoms with van der Waals surface area (Å²) in [5.41, 5.74) is 2.32. The number of rotatable bonds is 6. The highest BCUT2D eigenvalue weighted by molar-refractivity contribution is 5.79. The fraction of sp³-hybridized carbons (Fsp3) is 0.0909. The largest absolute Gasteiger partial charge is 0.487 e. The first-order valence-electron chi connectivity index (χ1n) is 8.83. The van der Waals surface area contributed by atoms with Crippen molar-refractivity contribution in [3.05, 3.63) is 84.2 Å². The third-order valence-electron chi connectivity index (χ3n) is 4.46. The number of carboxylic acid groups (broad SMARTS) is 1. The number of aromatic nitrogens is 2. The van der Waals surface area contributed by atoms with E-state index in [4.69, 9.17) is 9.84 Å². The number of benzene rings is 2. The summed E-state index contributed by atoms with van der Waals surface area (Å²) in [6.07, 6.45) is 3.19. The number of halogens is 2. The van der Waals surface area contributed by atoms with Crippen LogP contribution in [-0.2, 0) is 17.9 Å². The molecule has 0 aliphatic rings. The number of fused-ring (bicyclic) bond motifs is 1. The predicted molar refractivity (Wildman–Crippen MR) is 103 cm³/mol. The predicted octanol–water partition coefficient (Wildman–Crippen LogP) is 4.65. The van der Waals surface area contributed by atoms with Crippen LogP contribution in [0.25, 0.3) is 22.2 Å². The molecule has 4 rings (SSSR count). The minimum atomic E-state index is -0.943. The monoisotopic (exact) mass is 394 g/mol. The van der Waals surface area contributed by atoms with Crippen molar-refractivity contribution >= 4 is 17.0 Å². The van der Waals surface area contributed by atoms with Gasteiger partial charge < -0.3 is 14.4 Å². The number of pyridine rings is 1. The fourth-order valence-corrected chi connectivity index (χ4v) is 3.13. The van der Waals surface area contributed by atoms with Crippen LogP contribution in [0.2, 0.25) is 0 Å². The molecule has 0 bridgehead atoms. The van der Waals surface area contributed by atoms with Gasteiger partial charge in [0.2, 0.25) is 0 Å². The molecule has 0 saturated carbocycles. The van der Waals surface area contributed by atoms with Crippen molar-refractivity contribution in [2.45, 2.75) is 13.2 Å². The van der Waals surface area contributed by atoms with Gasteiger partial charge in [-0.3, -0.25) is 4.79 Å². The fourth-order valence-electron chi connectivity index (χ4n) is 3.13. The smallest absolute Gasteiger partial charge is 0.323 e. The minimum Gasteiger partial charge on any atom is -0.487 e. The molecule has 5 nitrogen and oxygen atoms in total. The summed E-state index contributed by atoms with van der Waals surface area (Å²) in [7, 11) is 0. The van der Waals surface area contributed by atoms with Gasteiger partial charge in [-0.25, -0.2) is 13.8 Å². The molecule has 1 N–H and O–H groups in total. The van der Waals surface area contributed by atoms with E-state index in [-0.39, 0.29) is 13.2 Å². The molecule has 0 fully saturated rings. The molecule has 0 atom stereocenters. The summed E-state index contributed by atoms with van der Waals surface area (Å²) < 4.78 is 34.5. The number of nitrogens with zero attached hydrogens (tertiary/aromatic N) is 2. The van der Waals surface area contributed by atoms with Crippen molar-refractivity contribution in [2.75, 3.05) is 0 Å². The lowest BCUT2D eigenvalue weighted by molar-refractivity contribution is -0.137. The van der Waals surface area contributed by atoms with Gasteiger partial charge in [0.25, 0.3) is 0 Å². The van der Waals surface area contributed by atoms with E-state index in [2.05, 4.69) is 4.98 Å². The maximum atomic E-state index is 14.0. The molecule has 0 unspecified atom stereocenters. The van der Waals surface area contributed by atoms with Crippen molar-refractivity contribution in [1.82, 2.24) is 9.55 Å². The van der Waals surface area contributed by atoms with Crippen LogP contribution in [0.15, 0.2) is 67.0 Å². The molecule has 2 aromatic carbocycles. The molecular weight excluding hydrogens is 378 g/mol. The zero-order valence-electron chi connectivity index (χ0n) is 15.2. The third-order valence-corrected chi connectivity index (χ3v) is 4.46. The van der Waals surface area contributed by atoms with Gasteiger partial charge in [0.1, 0.15) is 36.2 Å². The Morgan fingerprint density at radius 1 is 1.10 bits per heavy atom. The molecule has 0 spiro atoms. The van der Waals surface area contributed by atoms with Crippen LogP contribution in [0, 0.1) is 11.6 Å². The molecule has 0 aliphatic heterocycles. The molecule has 0 aliphatic carbocycles. The number of aliphatic carboxylic acids is 1. The van der Waals surface area contributed by atoms with Gasteiger partial charge in [0.15, 0.2) is 0 Å². The Bertz CT molecular complexity index is 1200. The van der Waals surface area contributed by atoms with Crippen LogP contribution in [0.4, 0.5) is 8.78 Å². The topological polar surface area (TPSA) is 64.3 Å². The molecule has 0 amide bonds. The molecule has 2 aromatic heterocycles. The van der Waals surface area contributed by atoms with Crippen molar-refractivity contribution in [1.29, 1.82) is 0 Å². The Hall–Kier alpha value is -3.74. The lowest BCUT2D eigenvalue weighted by atomic mass is 10.0. The van der Waals surface area contributed by atoms with E-state index in [1.54, 1.807) is 41.1 Å². The van der Waals surface area contributed by atoms with E-state index in [0.717, 1.165) is 17.0 Å². The van der Waals surface area contributed by atoms with Gasteiger partial charge in [-0.15, -0.1) is 0 Å². The number of hydrogen-bond acceptors (Lipinski definition) is 3. The summed E-state index contributed by atoms with van der Waals surface area (Å²) in [6, 6.07) is 14.2. The van der Waals surface area contributed by atoms with Gasteiger partial charge >= 0.3 is 5.97 Å². The van der Waals surface area contributed by atoms with Gasteiger partial charge in [-0.2, -0.15) is 0 Å². The SMILES string of the molecule is O=C(O)Cn1ccc2cc(OCc3cccc(-c4ccc(F)cc4F)c3)cnc21. The maximum absolute atomic E-state index is 14.0. The standard InChI is InChI=1S/C22H16F2N2O3/c23-17-4-5-19(20(24)10-17)15-3-1-2-14(8-15)13-29-18-9-16-6-7-26(12-21(27)28)22(16)25-11-18/h1-11H,12-13H2,(H,27,28). The van der Waals surface area contributed by atoms with Crippen LogP contribution in [-0.4, -0.2) is 20.6 Å². The van der Waals surface area contributed by atoms with Crippen LogP contribution in [0.5, 0.6) is 5.75 Å². The first-order chi connectivity index (χ1) is 14.0. The van der Waals surface area contributed by atoms with Crippen molar-refractivity contribution in [2.24, 2.45) is 0 Å². The van der Waals surface area contributed by atoms with E-state index in [9.17, 15) is 13.6 Å². The quantitative estimate of drug-likeness (QED) is 0.517. The molecule has 4 aromatic rings. The Labute approximate surface area is 164 Å². The van der Waals surface area contributed by atoms with Crippen molar-refractivity contribution in [3.63, 3.8) is 0 Å². The maximum Gasteiger partial charge on any atom is 0.323 e. The summed E-state index contributed by atoms with van der Waals surface area (Å²) >= 11 is 0. The Balaban J connectivity index is 1.51. The summed E-state index contributed by atoms with van der Waals surface area (Å²) in [5, 5.41) is 9.70. The molecule has 0 radical (unpaired) electrons. The first-order valence-corrected chi connectivity index (χ1v) is 8.83. The van der Waals surface area contributed by atoms with Crippen LogP contribution < -0.4 is 4.74 Å². The van der Waals surface area contributed by atoms with E-state index >= 15 is 0 Å². The second-order valence-corrected chi connectivity index (χ2v) is 6.53. The number of hydrogen-bond donors (Lipinski definition) is 1. The van der Waals surface area contributed by atoms with Gasteiger partial charge in [0, 0.05) is 23.2 Å². The number of carbonyl (C=O) groups is 1. The highest BCUT2D eigenvalue weighted by Gasteiger charge is 2.09. The zero-order chi connectivity index (χ0) is 20.4. The highest BCUT2D eigenvalue weighted by Crippen LogP contribution is 2.25. The molecular formula is C22H16F2N2O3. The Morgan fingerprint density at radius 2 is 1.97 bits per heavy atom. The van der Waals surface area contributed by atoms with Gasteiger partial charge in [-0.05, 0) is 41.5 Å².